The third-order valence-corrected chi connectivity index (χ3v) is 7.73. The third-order valence-electron chi connectivity index (χ3n) is 6.64. The number of anilines is 3. The van der Waals surface area contributed by atoms with Crippen LogP contribution in [0.25, 0.3) is 10.2 Å². The van der Waals surface area contributed by atoms with Crippen molar-refractivity contribution in [1.29, 1.82) is 0 Å². The van der Waals surface area contributed by atoms with Gasteiger partial charge in [-0.1, -0.05) is 18.2 Å². The first-order valence-corrected chi connectivity index (χ1v) is 12.7. The summed E-state index contributed by atoms with van der Waals surface area (Å²) in [6.07, 6.45) is 3.39. The van der Waals surface area contributed by atoms with Crippen LogP contribution in [0, 0.1) is 6.92 Å². The van der Waals surface area contributed by atoms with Crippen LogP contribution < -0.4 is 20.3 Å². The number of rotatable bonds is 5. The number of aromatic nitrogens is 1. The van der Waals surface area contributed by atoms with Gasteiger partial charge in [-0.05, 0) is 68.1 Å². The fourth-order valence-corrected chi connectivity index (χ4v) is 5.92. The minimum atomic E-state index is -0.546. The number of benzene rings is 2. The summed E-state index contributed by atoms with van der Waals surface area (Å²) in [5, 5.41) is 16.7. The molecule has 1 fully saturated rings. The minimum Gasteiger partial charge on any atom is -0.457 e. The van der Waals surface area contributed by atoms with Gasteiger partial charge in [0.15, 0.2) is 0 Å². The van der Waals surface area contributed by atoms with Crippen LogP contribution in [-0.4, -0.2) is 34.2 Å². The smallest absolute Gasteiger partial charge is 0.331 e. The van der Waals surface area contributed by atoms with Crippen LogP contribution in [0.3, 0.4) is 0 Å². The second kappa shape index (κ2) is 8.92. The van der Waals surface area contributed by atoms with Crippen molar-refractivity contribution in [3.63, 3.8) is 0 Å². The molecule has 0 bridgehead atoms. The van der Waals surface area contributed by atoms with Crippen LogP contribution in [0.1, 0.15) is 34.5 Å². The molecule has 0 radical (unpaired) electrons. The molecule has 0 unspecified atom stereocenters. The SMILES string of the molecule is Cc1cc(Oc2ccccc2)ccc1N1C(=O)Nc2c(C(=O)N[C@H]3CCC[C@H]3O)sc3nccc1c23. The number of pyridine rings is 1. The Labute approximate surface area is 211 Å². The number of aliphatic hydroxyl groups excluding tert-OH is 1. The zero-order valence-corrected chi connectivity index (χ0v) is 20.3. The largest absolute Gasteiger partial charge is 0.457 e. The van der Waals surface area contributed by atoms with Crippen LogP contribution in [0.4, 0.5) is 21.9 Å². The molecule has 0 saturated heterocycles. The molecule has 2 aliphatic rings. The first kappa shape index (κ1) is 22.5. The number of aliphatic hydroxyl groups is 1. The Kier molecular flexibility index (Phi) is 5.58. The van der Waals surface area contributed by atoms with Crippen molar-refractivity contribution in [2.45, 2.75) is 38.3 Å². The molecule has 1 aliphatic heterocycles. The molecule has 3 N–H and O–H groups in total. The van der Waals surface area contributed by atoms with E-state index in [0.717, 1.165) is 29.5 Å². The maximum Gasteiger partial charge on any atom is 0.331 e. The lowest BCUT2D eigenvalue weighted by atomic mass is 10.1. The third kappa shape index (κ3) is 3.86. The number of aryl methyl sites for hydroxylation is 1. The van der Waals surface area contributed by atoms with Crippen molar-refractivity contribution in [1.82, 2.24) is 10.3 Å². The van der Waals surface area contributed by atoms with E-state index in [1.165, 1.54) is 11.3 Å². The predicted octanol–water partition coefficient (Wildman–Crippen LogP) is 5.72. The van der Waals surface area contributed by atoms with Crippen molar-refractivity contribution in [2.24, 2.45) is 0 Å². The first-order chi connectivity index (χ1) is 17.5. The lowest BCUT2D eigenvalue weighted by Crippen LogP contribution is -2.40. The van der Waals surface area contributed by atoms with Crippen LogP contribution in [0.5, 0.6) is 11.5 Å². The Balaban J connectivity index is 1.35. The summed E-state index contributed by atoms with van der Waals surface area (Å²) in [7, 11) is 0. The van der Waals surface area contributed by atoms with E-state index in [9.17, 15) is 14.7 Å². The number of nitrogens with zero attached hydrogens (tertiary/aromatic N) is 2. The molecule has 2 aromatic heterocycles. The summed E-state index contributed by atoms with van der Waals surface area (Å²) >= 11 is 1.24. The van der Waals surface area contributed by atoms with E-state index in [0.29, 0.717) is 38.9 Å². The zero-order chi connectivity index (χ0) is 24.8. The highest BCUT2D eigenvalue weighted by Crippen LogP contribution is 2.46. The number of carbonyl (C=O) groups excluding carboxylic acids is 2. The Bertz CT molecular complexity index is 1490. The number of para-hydroxylation sites is 1. The molecule has 3 amide bonds. The van der Waals surface area contributed by atoms with Gasteiger partial charge in [0.05, 0.1) is 34.6 Å². The summed E-state index contributed by atoms with van der Waals surface area (Å²) in [6.45, 7) is 1.92. The average molecular weight is 501 g/mol. The molecule has 36 heavy (non-hydrogen) atoms. The molecule has 182 valence electrons. The topological polar surface area (TPSA) is 104 Å². The summed E-state index contributed by atoms with van der Waals surface area (Å²) in [6, 6.07) is 16.2. The molecule has 2 aromatic carbocycles. The van der Waals surface area contributed by atoms with Crippen molar-refractivity contribution in [3.05, 3.63) is 71.2 Å². The molecule has 1 aliphatic carbocycles. The highest BCUT2D eigenvalue weighted by atomic mass is 32.1. The standard InChI is InChI=1S/C27H24N4O4S/c1-15-14-17(35-16-6-3-2-4-7-16)10-11-19(15)31-20-12-13-28-26-22(20)23(30-27(31)34)24(36-26)25(33)29-18-8-5-9-21(18)32/h2-4,6-7,10-14,18,21,32H,5,8-9H2,1H3,(H,29,33)(H,30,34)/t18-,21+/m0/s1. The number of nitrogens with one attached hydrogen (secondary N) is 2. The minimum absolute atomic E-state index is 0.280. The Hall–Kier alpha value is -3.95. The van der Waals surface area contributed by atoms with Gasteiger partial charge >= 0.3 is 6.03 Å². The lowest BCUT2D eigenvalue weighted by Gasteiger charge is -2.29. The van der Waals surface area contributed by atoms with E-state index in [1.54, 1.807) is 17.2 Å². The van der Waals surface area contributed by atoms with Gasteiger partial charge in [0.25, 0.3) is 5.91 Å². The Morgan fingerprint density at radius 2 is 1.97 bits per heavy atom. The fraction of sp³-hybridized carbons (Fsp3) is 0.222. The van der Waals surface area contributed by atoms with Crippen molar-refractivity contribution in [2.75, 3.05) is 10.2 Å². The van der Waals surface area contributed by atoms with Gasteiger partial charge in [-0.2, -0.15) is 0 Å². The van der Waals surface area contributed by atoms with Gasteiger partial charge in [-0.15, -0.1) is 11.3 Å². The molecule has 6 rings (SSSR count). The van der Waals surface area contributed by atoms with Crippen LogP contribution >= 0.6 is 11.3 Å². The molecule has 4 aromatic rings. The number of hydrogen-bond acceptors (Lipinski definition) is 6. The normalized spacial score (nSPS) is 18.8. The highest BCUT2D eigenvalue weighted by Gasteiger charge is 2.35. The average Bonchev–Trinajstić information content (AvgIpc) is 3.45. The van der Waals surface area contributed by atoms with Crippen molar-refractivity contribution >= 4 is 50.6 Å². The molecular formula is C27H24N4O4S. The summed E-state index contributed by atoms with van der Waals surface area (Å²) in [5.74, 6) is 1.09. The first-order valence-electron chi connectivity index (χ1n) is 11.8. The van der Waals surface area contributed by atoms with Crippen molar-refractivity contribution in [3.8, 4) is 11.5 Å². The molecule has 8 nitrogen and oxygen atoms in total. The van der Waals surface area contributed by atoms with E-state index in [-0.39, 0.29) is 18.0 Å². The fourth-order valence-electron chi connectivity index (χ4n) is 4.89. The molecule has 2 atom stereocenters. The second-order valence-electron chi connectivity index (χ2n) is 9.02. The zero-order valence-electron chi connectivity index (χ0n) is 19.5. The molecular weight excluding hydrogens is 476 g/mol. The number of carbonyl (C=O) groups is 2. The quantitative estimate of drug-likeness (QED) is 0.325. The molecule has 9 heteroatoms. The monoisotopic (exact) mass is 500 g/mol. The second-order valence-corrected chi connectivity index (χ2v) is 10.0. The lowest BCUT2D eigenvalue weighted by molar-refractivity contribution is 0.0878. The van der Waals surface area contributed by atoms with E-state index >= 15 is 0 Å². The summed E-state index contributed by atoms with van der Waals surface area (Å²) in [5.41, 5.74) is 2.69. The number of amides is 3. The number of urea groups is 1. The van der Waals surface area contributed by atoms with Crippen LogP contribution in [0.15, 0.2) is 60.8 Å². The van der Waals surface area contributed by atoms with Crippen LogP contribution in [0.2, 0.25) is 0 Å². The van der Waals surface area contributed by atoms with E-state index in [2.05, 4.69) is 15.6 Å². The van der Waals surface area contributed by atoms with Gasteiger partial charge in [0.2, 0.25) is 0 Å². The van der Waals surface area contributed by atoms with Gasteiger partial charge in [-0.25, -0.2) is 9.78 Å². The predicted molar refractivity (Wildman–Crippen MR) is 140 cm³/mol. The maximum absolute atomic E-state index is 13.4. The summed E-state index contributed by atoms with van der Waals surface area (Å²) in [4.78, 5) is 33.6. The maximum atomic E-state index is 13.4. The van der Waals surface area contributed by atoms with E-state index in [1.807, 2.05) is 55.5 Å². The molecule has 0 spiro atoms. The number of hydrogen-bond donors (Lipinski definition) is 3. The highest BCUT2D eigenvalue weighted by molar-refractivity contribution is 7.21. The number of thiophene rings is 1. The molecule has 3 heterocycles. The van der Waals surface area contributed by atoms with E-state index < -0.39 is 6.10 Å². The van der Waals surface area contributed by atoms with Gasteiger partial charge in [-0.3, -0.25) is 9.69 Å². The van der Waals surface area contributed by atoms with Gasteiger partial charge < -0.3 is 20.5 Å². The van der Waals surface area contributed by atoms with Crippen LogP contribution in [-0.2, 0) is 0 Å². The van der Waals surface area contributed by atoms with Gasteiger partial charge in [0, 0.05) is 6.20 Å². The summed E-state index contributed by atoms with van der Waals surface area (Å²) < 4.78 is 5.94. The Morgan fingerprint density at radius 1 is 1.14 bits per heavy atom. The number of ether oxygens (including phenoxy) is 1. The van der Waals surface area contributed by atoms with E-state index in [4.69, 9.17) is 4.74 Å². The molecule has 1 saturated carbocycles. The van der Waals surface area contributed by atoms with Gasteiger partial charge in [0.1, 0.15) is 21.2 Å². The Morgan fingerprint density at radius 3 is 2.72 bits per heavy atom. The van der Waals surface area contributed by atoms with Crippen molar-refractivity contribution < 1.29 is 19.4 Å².